The maximum atomic E-state index is 14.7. The maximum absolute atomic E-state index is 14.7. The lowest BCUT2D eigenvalue weighted by Gasteiger charge is -2.16. The van der Waals surface area contributed by atoms with Gasteiger partial charge in [-0.2, -0.15) is 19.1 Å². The van der Waals surface area contributed by atoms with Gasteiger partial charge in [-0.15, -0.1) is 0 Å². The Morgan fingerprint density at radius 3 is 2.72 bits per heavy atom. The molecule has 0 saturated carbocycles. The molecule has 0 bridgehead atoms. The lowest BCUT2D eigenvalue weighted by atomic mass is 10.0. The average molecular weight is 397 g/mol. The van der Waals surface area contributed by atoms with Crippen LogP contribution in [-0.2, 0) is 12.5 Å². The van der Waals surface area contributed by atoms with Crippen molar-refractivity contribution in [2.75, 3.05) is 0 Å². The molecule has 0 saturated heterocycles. The Morgan fingerprint density at radius 1 is 1.24 bits per heavy atom. The third-order valence-corrected chi connectivity index (χ3v) is 4.69. The molecule has 4 rings (SSSR count). The Kier molecular flexibility index (Phi) is 4.29. The lowest BCUT2D eigenvalue weighted by Crippen LogP contribution is -2.20. The van der Waals surface area contributed by atoms with Crippen molar-refractivity contribution in [3.05, 3.63) is 64.2 Å². The van der Waals surface area contributed by atoms with Gasteiger partial charge in [0.25, 0.3) is 0 Å². The first-order chi connectivity index (χ1) is 13.8. The minimum Gasteiger partial charge on any atom is -0.366 e. The Balaban J connectivity index is 1.84. The second kappa shape index (κ2) is 6.69. The second-order valence-corrected chi connectivity index (χ2v) is 6.55. The number of rotatable bonds is 5. The van der Waals surface area contributed by atoms with Crippen LogP contribution in [0.4, 0.5) is 8.78 Å². The van der Waals surface area contributed by atoms with E-state index in [1.165, 1.54) is 16.8 Å². The molecular formula is C18H15F2N8O-. The van der Waals surface area contributed by atoms with Crippen molar-refractivity contribution in [2.24, 2.45) is 5.73 Å². The molecule has 11 heteroatoms. The molecule has 0 unspecified atom stereocenters. The fourth-order valence-corrected chi connectivity index (χ4v) is 3.17. The number of benzene rings is 1. The van der Waals surface area contributed by atoms with Crippen molar-refractivity contribution < 1.29 is 13.6 Å². The minimum atomic E-state index is -3.57. The van der Waals surface area contributed by atoms with Gasteiger partial charge in [-0.1, -0.05) is 12.1 Å². The Labute approximate surface area is 162 Å². The van der Waals surface area contributed by atoms with Gasteiger partial charge in [0.15, 0.2) is 5.65 Å². The number of pyridine rings is 1. The molecule has 0 atom stereocenters. The van der Waals surface area contributed by atoms with Crippen molar-refractivity contribution in [2.45, 2.75) is 26.3 Å². The van der Waals surface area contributed by atoms with Crippen molar-refractivity contribution >= 4 is 16.9 Å². The van der Waals surface area contributed by atoms with Crippen LogP contribution in [-0.4, -0.2) is 36.2 Å². The van der Waals surface area contributed by atoms with E-state index in [4.69, 9.17) is 5.73 Å². The fraction of sp³-hybridized carbons (Fsp3) is 0.222. The van der Waals surface area contributed by atoms with Crippen LogP contribution in [0, 0.1) is 13.8 Å². The normalized spacial score (nSPS) is 11.9. The molecule has 0 fully saturated rings. The number of alkyl halides is 2. The van der Waals surface area contributed by atoms with Crippen LogP contribution in [0.15, 0.2) is 30.3 Å². The van der Waals surface area contributed by atoms with E-state index in [1.807, 2.05) is 13.0 Å². The van der Waals surface area contributed by atoms with Gasteiger partial charge in [-0.05, 0) is 43.2 Å². The predicted molar refractivity (Wildman–Crippen MR) is 97.2 cm³/mol. The Hall–Kier alpha value is -3.76. The van der Waals surface area contributed by atoms with Crippen LogP contribution in [0.25, 0.3) is 11.0 Å². The summed E-state index contributed by atoms with van der Waals surface area (Å²) < 4.78 is 30.9. The number of primary amides is 1. The smallest absolute Gasteiger partial charge is 0.321 e. The lowest BCUT2D eigenvalue weighted by molar-refractivity contribution is 0.0279. The quantitative estimate of drug-likeness (QED) is 0.540. The summed E-state index contributed by atoms with van der Waals surface area (Å²) in [4.78, 5) is 15.9. The molecule has 0 aliphatic rings. The van der Waals surface area contributed by atoms with E-state index in [9.17, 15) is 13.6 Å². The maximum Gasteiger partial charge on any atom is 0.321 e. The highest BCUT2D eigenvalue weighted by molar-refractivity contribution is 5.94. The zero-order valence-electron chi connectivity index (χ0n) is 15.5. The number of hydrogen-bond donors (Lipinski definition) is 1. The first kappa shape index (κ1) is 18.6. The topological polar surface area (TPSA) is 127 Å². The minimum absolute atomic E-state index is 0.146. The monoisotopic (exact) mass is 397 g/mol. The number of nitrogens with two attached hydrogens (primary N) is 1. The Morgan fingerprint density at radius 2 is 2.03 bits per heavy atom. The molecule has 0 aliphatic carbocycles. The van der Waals surface area contributed by atoms with Crippen LogP contribution in [0.5, 0.6) is 0 Å². The van der Waals surface area contributed by atoms with Crippen molar-refractivity contribution in [1.29, 1.82) is 0 Å². The van der Waals surface area contributed by atoms with Gasteiger partial charge in [-0.3, -0.25) is 15.1 Å². The van der Waals surface area contributed by atoms with E-state index in [0.717, 1.165) is 5.56 Å². The first-order valence-electron chi connectivity index (χ1n) is 8.59. The summed E-state index contributed by atoms with van der Waals surface area (Å²) in [7, 11) is 0. The van der Waals surface area contributed by atoms with Gasteiger partial charge in [0.05, 0.1) is 18.1 Å². The zero-order chi connectivity index (χ0) is 20.8. The van der Waals surface area contributed by atoms with Gasteiger partial charge < -0.3 is 10.8 Å². The molecule has 3 heterocycles. The van der Waals surface area contributed by atoms with Gasteiger partial charge in [0.1, 0.15) is 5.69 Å². The van der Waals surface area contributed by atoms with E-state index in [0.29, 0.717) is 22.2 Å². The molecule has 9 nitrogen and oxygen atoms in total. The Bertz CT molecular complexity index is 1220. The van der Waals surface area contributed by atoms with Crippen LogP contribution in [0.2, 0.25) is 0 Å². The number of halogens is 2. The molecule has 4 aromatic rings. The van der Waals surface area contributed by atoms with E-state index >= 15 is 0 Å². The number of carbonyl (C=O) groups excluding carboxylic acids is 1. The second-order valence-electron chi connectivity index (χ2n) is 6.55. The van der Waals surface area contributed by atoms with Crippen LogP contribution < -0.4 is 10.8 Å². The summed E-state index contributed by atoms with van der Waals surface area (Å²) in [5.74, 6) is -4.98. The summed E-state index contributed by atoms with van der Waals surface area (Å²) in [6.45, 7) is 3.73. The van der Waals surface area contributed by atoms with E-state index in [2.05, 4.69) is 30.7 Å². The van der Waals surface area contributed by atoms with Crippen molar-refractivity contribution in [3.63, 3.8) is 0 Å². The van der Waals surface area contributed by atoms with Crippen LogP contribution >= 0.6 is 0 Å². The van der Waals surface area contributed by atoms with E-state index in [1.54, 1.807) is 19.1 Å². The number of carbonyl (C=O) groups is 1. The molecule has 0 aliphatic heterocycles. The number of hydrogen-bond acceptors (Lipinski definition) is 6. The summed E-state index contributed by atoms with van der Waals surface area (Å²) in [5, 5.41) is 17.7. The van der Waals surface area contributed by atoms with E-state index in [-0.39, 0.29) is 12.2 Å². The molecule has 3 aromatic heterocycles. The van der Waals surface area contributed by atoms with Gasteiger partial charge >= 0.3 is 5.92 Å². The molecule has 0 spiro atoms. The number of aryl methyl sites for hydroxylation is 2. The molecular weight excluding hydrogens is 382 g/mol. The van der Waals surface area contributed by atoms with E-state index < -0.39 is 23.3 Å². The number of aromatic nitrogens is 7. The summed E-state index contributed by atoms with van der Waals surface area (Å²) in [5.41, 5.74) is 7.60. The largest absolute Gasteiger partial charge is 0.366 e. The van der Waals surface area contributed by atoms with Crippen LogP contribution in [0.1, 0.15) is 38.7 Å². The molecule has 0 radical (unpaired) electrons. The van der Waals surface area contributed by atoms with Gasteiger partial charge in [-0.25, -0.2) is 9.67 Å². The molecule has 1 amide bonds. The number of fused-ring (bicyclic) bond motifs is 1. The predicted octanol–water partition coefficient (Wildman–Crippen LogP) is 1.48. The number of tetrazole rings is 1. The van der Waals surface area contributed by atoms with Gasteiger partial charge in [0.2, 0.25) is 5.91 Å². The molecule has 1 aromatic carbocycles. The SMILES string of the molecule is Cc1cccc(C(N)=O)c1Cn1nc(C)c2ccc(C(F)(F)c3nnn[n-]3)nc21. The highest BCUT2D eigenvalue weighted by Gasteiger charge is 2.36. The van der Waals surface area contributed by atoms with Crippen LogP contribution in [0.3, 0.4) is 0 Å². The molecule has 2 N–H and O–H groups in total. The zero-order valence-corrected chi connectivity index (χ0v) is 15.5. The summed E-state index contributed by atoms with van der Waals surface area (Å²) >= 11 is 0. The highest BCUT2D eigenvalue weighted by atomic mass is 19.3. The average Bonchev–Trinajstić information content (AvgIpc) is 3.32. The van der Waals surface area contributed by atoms with Crippen molar-refractivity contribution in [3.8, 4) is 0 Å². The number of amides is 1. The summed E-state index contributed by atoms with van der Waals surface area (Å²) in [6, 6.07) is 7.88. The van der Waals surface area contributed by atoms with Gasteiger partial charge in [0, 0.05) is 10.9 Å². The standard InChI is InChI=1S/C18H16F2N8O/c1-9-4-3-5-12(15(21)29)13(9)8-28-16-11(10(2)25-28)6-7-14(22-16)18(19,20)17-23-26-27-24-17/h3-7H,8H2,1-2H3,(H3,21,23,24,26,27,29)/p-1. The molecule has 29 heavy (non-hydrogen) atoms. The molecule has 148 valence electrons. The first-order valence-corrected chi connectivity index (χ1v) is 8.59. The third kappa shape index (κ3) is 3.10. The summed E-state index contributed by atoms with van der Waals surface area (Å²) in [6.07, 6.45) is 0. The van der Waals surface area contributed by atoms with Crippen molar-refractivity contribution in [1.82, 2.24) is 35.4 Å². The highest BCUT2D eigenvalue weighted by Crippen LogP contribution is 2.32. The third-order valence-electron chi connectivity index (χ3n) is 4.69. The number of nitrogens with zero attached hydrogens (tertiary/aromatic N) is 7. The fourth-order valence-electron chi connectivity index (χ4n) is 3.17.